The molecule has 0 aliphatic rings. The Morgan fingerprint density at radius 3 is 2.73 bits per heavy atom. The number of halogens is 2. The smallest absolute Gasteiger partial charge is 0.0542 e. The molecule has 1 nitrogen and oxygen atoms in total. The Bertz CT molecular complexity index is 363. The molecule has 1 aromatic carbocycles. The first-order valence-electron chi connectivity index (χ1n) is 4.90. The van der Waals surface area contributed by atoms with E-state index in [2.05, 4.69) is 47.5 Å². The summed E-state index contributed by atoms with van der Waals surface area (Å²) in [6.45, 7) is 9.03. The fourth-order valence-corrected chi connectivity index (χ4v) is 2.00. The lowest BCUT2D eigenvalue weighted by Crippen LogP contribution is -2.21. The monoisotopic (exact) mass is 335 g/mol. The zero-order valence-electron chi connectivity index (χ0n) is 8.98. The molecule has 1 unspecified atom stereocenters. The second-order valence-electron chi connectivity index (χ2n) is 3.51. The van der Waals surface area contributed by atoms with Crippen molar-refractivity contribution >= 4 is 34.2 Å². The SMILES string of the molecule is C=C(C)C(NCC)c1ccc(I)c(Cl)c1. The van der Waals surface area contributed by atoms with Crippen LogP contribution >= 0.6 is 34.2 Å². The lowest BCUT2D eigenvalue weighted by molar-refractivity contribution is 0.621. The molecule has 0 fully saturated rings. The van der Waals surface area contributed by atoms with Crippen molar-refractivity contribution in [3.8, 4) is 0 Å². The molecular formula is C12H15ClIN. The number of hydrogen-bond donors (Lipinski definition) is 1. The van der Waals surface area contributed by atoms with Crippen molar-refractivity contribution in [2.75, 3.05) is 6.54 Å². The molecule has 0 bridgehead atoms. The van der Waals surface area contributed by atoms with E-state index in [-0.39, 0.29) is 6.04 Å². The van der Waals surface area contributed by atoms with E-state index in [9.17, 15) is 0 Å². The average Bonchev–Trinajstić information content (AvgIpc) is 2.18. The minimum atomic E-state index is 0.199. The fourth-order valence-electron chi connectivity index (χ4n) is 1.47. The average molecular weight is 336 g/mol. The van der Waals surface area contributed by atoms with Gasteiger partial charge in [0.15, 0.2) is 0 Å². The molecule has 0 aliphatic heterocycles. The van der Waals surface area contributed by atoms with Gasteiger partial charge < -0.3 is 5.32 Å². The zero-order valence-corrected chi connectivity index (χ0v) is 11.9. The summed E-state index contributed by atoms with van der Waals surface area (Å²) in [5.41, 5.74) is 2.28. The Morgan fingerprint density at radius 2 is 2.27 bits per heavy atom. The third-order valence-corrected chi connectivity index (χ3v) is 3.75. The van der Waals surface area contributed by atoms with E-state index >= 15 is 0 Å². The molecule has 1 N–H and O–H groups in total. The number of nitrogens with one attached hydrogen (secondary N) is 1. The third-order valence-electron chi connectivity index (χ3n) is 2.18. The van der Waals surface area contributed by atoms with Crippen LogP contribution in [0.25, 0.3) is 0 Å². The van der Waals surface area contributed by atoms with Gasteiger partial charge in [-0.1, -0.05) is 36.7 Å². The van der Waals surface area contributed by atoms with Crippen LogP contribution in [0.3, 0.4) is 0 Å². The van der Waals surface area contributed by atoms with E-state index in [1.807, 2.05) is 19.1 Å². The molecule has 0 saturated heterocycles. The topological polar surface area (TPSA) is 12.0 Å². The largest absolute Gasteiger partial charge is 0.307 e. The van der Waals surface area contributed by atoms with E-state index in [1.165, 1.54) is 5.56 Å². The lowest BCUT2D eigenvalue weighted by atomic mass is 10.0. The number of likely N-dealkylation sites (N-methyl/N-ethyl adjacent to an activating group) is 1. The molecule has 0 radical (unpaired) electrons. The molecule has 0 spiro atoms. The highest BCUT2D eigenvalue weighted by Crippen LogP contribution is 2.26. The van der Waals surface area contributed by atoms with Gasteiger partial charge in [0.05, 0.1) is 11.1 Å². The molecule has 1 aromatic rings. The van der Waals surface area contributed by atoms with E-state index in [4.69, 9.17) is 11.6 Å². The standard InChI is InChI=1S/C12H15ClIN/c1-4-15-12(8(2)3)9-5-6-11(14)10(13)7-9/h5-7,12,15H,2,4H2,1,3H3. The number of benzene rings is 1. The van der Waals surface area contributed by atoms with Crippen LogP contribution in [-0.2, 0) is 0 Å². The van der Waals surface area contributed by atoms with E-state index in [0.29, 0.717) is 0 Å². The van der Waals surface area contributed by atoms with Gasteiger partial charge in [-0.2, -0.15) is 0 Å². The van der Waals surface area contributed by atoms with E-state index in [1.54, 1.807) is 0 Å². The van der Waals surface area contributed by atoms with Crippen LogP contribution in [0.1, 0.15) is 25.5 Å². The molecular weight excluding hydrogens is 320 g/mol. The predicted molar refractivity (Wildman–Crippen MR) is 75.4 cm³/mol. The van der Waals surface area contributed by atoms with E-state index < -0.39 is 0 Å². The summed E-state index contributed by atoms with van der Waals surface area (Å²) in [5, 5.41) is 4.19. The van der Waals surface area contributed by atoms with Gasteiger partial charge in [0, 0.05) is 3.57 Å². The molecule has 0 amide bonds. The molecule has 1 atom stereocenters. The fraction of sp³-hybridized carbons (Fsp3) is 0.333. The third kappa shape index (κ3) is 3.47. The Balaban J connectivity index is 3.01. The molecule has 3 heteroatoms. The van der Waals surface area contributed by atoms with Crippen LogP contribution in [0.2, 0.25) is 5.02 Å². The maximum absolute atomic E-state index is 6.10. The Hall–Kier alpha value is -0.0600. The van der Waals surface area contributed by atoms with Gasteiger partial charge in [0.25, 0.3) is 0 Å². The van der Waals surface area contributed by atoms with E-state index in [0.717, 1.165) is 20.7 Å². The second-order valence-corrected chi connectivity index (χ2v) is 5.08. The highest BCUT2D eigenvalue weighted by atomic mass is 127. The van der Waals surface area contributed by atoms with Gasteiger partial charge in [-0.25, -0.2) is 0 Å². The highest BCUT2D eigenvalue weighted by Gasteiger charge is 2.11. The maximum atomic E-state index is 6.10. The van der Waals surface area contributed by atoms with Crippen molar-refractivity contribution < 1.29 is 0 Å². The minimum absolute atomic E-state index is 0.199. The van der Waals surface area contributed by atoms with Crippen LogP contribution in [-0.4, -0.2) is 6.54 Å². The van der Waals surface area contributed by atoms with Crippen molar-refractivity contribution in [1.29, 1.82) is 0 Å². The Kier molecular flexibility index (Phi) is 5.09. The first kappa shape index (κ1) is 13.0. The van der Waals surface area contributed by atoms with Crippen LogP contribution in [0.4, 0.5) is 0 Å². The lowest BCUT2D eigenvalue weighted by Gasteiger charge is -2.18. The predicted octanol–water partition coefficient (Wildman–Crippen LogP) is 4.17. The molecule has 82 valence electrons. The second kappa shape index (κ2) is 5.87. The van der Waals surface area contributed by atoms with Gasteiger partial charge in [-0.15, -0.1) is 0 Å². The van der Waals surface area contributed by atoms with Crippen molar-refractivity contribution in [1.82, 2.24) is 5.32 Å². The maximum Gasteiger partial charge on any atom is 0.0542 e. The van der Waals surface area contributed by atoms with Crippen molar-refractivity contribution in [2.45, 2.75) is 19.9 Å². The first-order chi connectivity index (χ1) is 7.06. The summed E-state index contributed by atoms with van der Waals surface area (Å²) in [4.78, 5) is 0. The Labute approximate surface area is 110 Å². The zero-order chi connectivity index (χ0) is 11.4. The number of hydrogen-bond acceptors (Lipinski definition) is 1. The highest BCUT2D eigenvalue weighted by molar-refractivity contribution is 14.1. The summed E-state index contributed by atoms with van der Waals surface area (Å²) in [5.74, 6) is 0. The first-order valence-corrected chi connectivity index (χ1v) is 6.35. The van der Waals surface area contributed by atoms with Crippen molar-refractivity contribution in [3.05, 3.63) is 44.5 Å². The van der Waals surface area contributed by atoms with Crippen molar-refractivity contribution in [3.63, 3.8) is 0 Å². The normalized spacial score (nSPS) is 12.5. The quantitative estimate of drug-likeness (QED) is 0.643. The van der Waals surface area contributed by atoms with Gasteiger partial charge in [-0.05, 0) is 53.8 Å². The molecule has 0 aliphatic carbocycles. The molecule has 0 aromatic heterocycles. The molecule has 1 rings (SSSR count). The molecule has 0 saturated carbocycles. The molecule has 15 heavy (non-hydrogen) atoms. The Morgan fingerprint density at radius 1 is 1.60 bits per heavy atom. The van der Waals surface area contributed by atoms with Gasteiger partial charge in [0.1, 0.15) is 0 Å². The van der Waals surface area contributed by atoms with Crippen LogP contribution in [0.15, 0.2) is 30.4 Å². The number of rotatable bonds is 4. The van der Waals surface area contributed by atoms with Crippen LogP contribution in [0.5, 0.6) is 0 Å². The molecule has 0 heterocycles. The summed E-state index contributed by atoms with van der Waals surface area (Å²) in [6.07, 6.45) is 0. The van der Waals surface area contributed by atoms with Gasteiger partial charge in [0.2, 0.25) is 0 Å². The summed E-state index contributed by atoms with van der Waals surface area (Å²) < 4.78 is 1.08. The minimum Gasteiger partial charge on any atom is -0.307 e. The van der Waals surface area contributed by atoms with Crippen LogP contribution < -0.4 is 5.32 Å². The summed E-state index contributed by atoms with van der Waals surface area (Å²) in [7, 11) is 0. The van der Waals surface area contributed by atoms with Crippen molar-refractivity contribution in [2.24, 2.45) is 0 Å². The van der Waals surface area contributed by atoms with Crippen LogP contribution in [0, 0.1) is 3.57 Å². The summed E-state index contributed by atoms with van der Waals surface area (Å²) >= 11 is 8.33. The van der Waals surface area contributed by atoms with Gasteiger partial charge >= 0.3 is 0 Å². The van der Waals surface area contributed by atoms with Gasteiger partial charge in [-0.3, -0.25) is 0 Å². The summed E-state index contributed by atoms with van der Waals surface area (Å²) in [6, 6.07) is 6.33.